The van der Waals surface area contributed by atoms with Gasteiger partial charge in [0.2, 0.25) is 5.91 Å². The predicted molar refractivity (Wildman–Crippen MR) is 88.3 cm³/mol. The molecule has 1 aliphatic rings. The van der Waals surface area contributed by atoms with Gasteiger partial charge in [0, 0.05) is 19.4 Å². The van der Waals surface area contributed by atoms with E-state index in [0.717, 1.165) is 25.1 Å². The minimum absolute atomic E-state index is 0.175. The number of hydrogen-bond acceptors (Lipinski definition) is 5. The first-order valence-corrected chi connectivity index (χ1v) is 9.02. The molecule has 23 heavy (non-hydrogen) atoms. The van der Waals surface area contributed by atoms with E-state index in [9.17, 15) is 4.79 Å². The van der Waals surface area contributed by atoms with Crippen LogP contribution in [0.4, 0.5) is 0 Å². The molecule has 0 bridgehead atoms. The van der Waals surface area contributed by atoms with E-state index < -0.39 is 0 Å². The number of hydrogen-bond donors (Lipinski definition) is 1. The zero-order chi connectivity index (χ0) is 16.1. The van der Waals surface area contributed by atoms with Crippen molar-refractivity contribution in [3.05, 3.63) is 34.0 Å². The Hall–Kier alpha value is -1.73. The lowest BCUT2D eigenvalue weighted by atomic mass is 10.1. The Balaban J connectivity index is 1.55. The molecule has 0 aromatic carbocycles. The summed E-state index contributed by atoms with van der Waals surface area (Å²) >= 11 is 1.67. The van der Waals surface area contributed by atoms with Crippen molar-refractivity contribution in [1.82, 2.24) is 20.1 Å². The molecule has 2 aromatic heterocycles. The number of rotatable bonds is 6. The summed E-state index contributed by atoms with van der Waals surface area (Å²) in [5.41, 5.74) is 1.23. The topological polar surface area (TPSA) is 71.1 Å². The fourth-order valence-corrected chi connectivity index (χ4v) is 3.38. The lowest BCUT2D eigenvalue weighted by Crippen LogP contribution is -2.42. The van der Waals surface area contributed by atoms with E-state index in [1.54, 1.807) is 11.3 Å². The number of H-pyrrole nitrogens is 1. The number of amides is 1. The maximum Gasteiger partial charge on any atom is 0.223 e. The number of aromatic nitrogens is 3. The summed E-state index contributed by atoms with van der Waals surface area (Å²) in [5.74, 6) is 1.71. The van der Waals surface area contributed by atoms with Crippen molar-refractivity contribution in [3.8, 4) is 0 Å². The first kappa shape index (κ1) is 16.1. The summed E-state index contributed by atoms with van der Waals surface area (Å²) in [5, 5.41) is 11.3. The zero-order valence-electron chi connectivity index (χ0n) is 13.3. The molecule has 6 nitrogen and oxygen atoms in total. The molecule has 0 saturated carbocycles. The minimum atomic E-state index is -0.226. The lowest BCUT2D eigenvalue weighted by Gasteiger charge is -2.31. The van der Waals surface area contributed by atoms with Gasteiger partial charge in [-0.2, -0.15) is 16.4 Å². The Morgan fingerprint density at radius 1 is 1.52 bits per heavy atom. The molecule has 1 unspecified atom stereocenters. The number of morpholine rings is 1. The van der Waals surface area contributed by atoms with Crippen LogP contribution in [0.5, 0.6) is 0 Å². The predicted octanol–water partition coefficient (Wildman–Crippen LogP) is 2.35. The molecule has 0 radical (unpaired) electrons. The summed E-state index contributed by atoms with van der Waals surface area (Å²) in [6.07, 6.45) is 3.01. The van der Waals surface area contributed by atoms with Gasteiger partial charge in [0.1, 0.15) is 11.9 Å². The number of aryl methyl sites for hydroxylation is 2. The Morgan fingerprint density at radius 3 is 3.22 bits per heavy atom. The highest BCUT2D eigenvalue weighted by atomic mass is 32.1. The van der Waals surface area contributed by atoms with Crippen molar-refractivity contribution < 1.29 is 9.53 Å². The Morgan fingerprint density at radius 2 is 2.43 bits per heavy atom. The van der Waals surface area contributed by atoms with Gasteiger partial charge in [0.05, 0.1) is 13.2 Å². The van der Waals surface area contributed by atoms with Gasteiger partial charge in [0.15, 0.2) is 5.82 Å². The highest BCUT2D eigenvalue weighted by molar-refractivity contribution is 7.07. The quantitative estimate of drug-likeness (QED) is 0.880. The number of carbonyl (C=O) groups is 1. The van der Waals surface area contributed by atoms with Gasteiger partial charge in [0.25, 0.3) is 0 Å². The second-order valence-corrected chi connectivity index (χ2v) is 6.50. The van der Waals surface area contributed by atoms with Crippen LogP contribution < -0.4 is 0 Å². The van der Waals surface area contributed by atoms with Crippen LogP contribution in [0, 0.1) is 0 Å². The van der Waals surface area contributed by atoms with Gasteiger partial charge >= 0.3 is 0 Å². The number of carbonyl (C=O) groups excluding carboxylic acids is 1. The van der Waals surface area contributed by atoms with Crippen LogP contribution in [-0.4, -0.2) is 45.7 Å². The fourth-order valence-electron chi connectivity index (χ4n) is 2.68. The van der Waals surface area contributed by atoms with Crippen LogP contribution in [0.3, 0.4) is 0 Å². The van der Waals surface area contributed by atoms with E-state index in [-0.39, 0.29) is 12.0 Å². The summed E-state index contributed by atoms with van der Waals surface area (Å²) in [7, 11) is 0. The first-order chi connectivity index (χ1) is 11.3. The van der Waals surface area contributed by atoms with Crippen molar-refractivity contribution in [2.75, 3.05) is 19.7 Å². The maximum atomic E-state index is 12.4. The van der Waals surface area contributed by atoms with Crippen LogP contribution in [0.25, 0.3) is 0 Å². The molecule has 3 heterocycles. The summed E-state index contributed by atoms with van der Waals surface area (Å²) in [4.78, 5) is 18.8. The molecule has 124 valence electrons. The van der Waals surface area contributed by atoms with E-state index in [1.165, 1.54) is 5.56 Å². The van der Waals surface area contributed by atoms with Gasteiger partial charge in [-0.25, -0.2) is 4.98 Å². The van der Waals surface area contributed by atoms with Gasteiger partial charge in [-0.3, -0.25) is 9.89 Å². The Labute approximate surface area is 139 Å². The normalized spacial score (nSPS) is 18.3. The highest BCUT2D eigenvalue weighted by Crippen LogP contribution is 2.20. The van der Waals surface area contributed by atoms with Crippen LogP contribution in [0.15, 0.2) is 16.8 Å². The van der Waals surface area contributed by atoms with E-state index >= 15 is 0 Å². The van der Waals surface area contributed by atoms with Crippen molar-refractivity contribution >= 4 is 17.2 Å². The second-order valence-electron chi connectivity index (χ2n) is 5.72. The maximum absolute atomic E-state index is 12.4. The zero-order valence-corrected chi connectivity index (χ0v) is 14.1. The third-order valence-electron chi connectivity index (χ3n) is 3.95. The van der Waals surface area contributed by atoms with E-state index in [0.29, 0.717) is 31.9 Å². The molecule has 1 atom stereocenters. The smallest absolute Gasteiger partial charge is 0.223 e. The summed E-state index contributed by atoms with van der Waals surface area (Å²) in [6.45, 7) is 3.82. The SMILES string of the molecule is CCCc1nc(C2CN(C(=O)CCc3ccsc3)CCO2)n[nH]1. The van der Waals surface area contributed by atoms with E-state index in [2.05, 4.69) is 33.6 Å². The third kappa shape index (κ3) is 4.17. The van der Waals surface area contributed by atoms with Gasteiger partial charge in [-0.1, -0.05) is 6.92 Å². The minimum Gasteiger partial charge on any atom is -0.366 e. The van der Waals surface area contributed by atoms with Crippen molar-refractivity contribution in [2.24, 2.45) is 0 Å². The second kappa shape index (κ2) is 7.70. The Kier molecular flexibility index (Phi) is 5.40. The number of thiophene rings is 1. The summed E-state index contributed by atoms with van der Waals surface area (Å²) in [6, 6.07) is 2.07. The van der Waals surface area contributed by atoms with Crippen LogP contribution in [-0.2, 0) is 22.4 Å². The number of ether oxygens (including phenoxy) is 1. The average Bonchev–Trinajstić information content (AvgIpc) is 3.25. The number of nitrogens with zero attached hydrogens (tertiary/aromatic N) is 3. The molecule has 1 aliphatic heterocycles. The fraction of sp³-hybridized carbons (Fsp3) is 0.562. The average molecular weight is 334 g/mol. The van der Waals surface area contributed by atoms with Crippen LogP contribution >= 0.6 is 11.3 Å². The molecule has 0 spiro atoms. The molecule has 1 N–H and O–H groups in total. The highest BCUT2D eigenvalue weighted by Gasteiger charge is 2.27. The van der Waals surface area contributed by atoms with Crippen molar-refractivity contribution in [3.63, 3.8) is 0 Å². The van der Waals surface area contributed by atoms with Gasteiger partial charge in [-0.05, 0) is 35.2 Å². The largest absolute Gasteiger partial charge is 0.366 e. The monoisotopic (exact) mass is 334 g/mol. The molecule has 0 aliphatic carbocycles. The third-order valence-corrected chi connectivity index (χ3v) is 4.68. The van der Waals surface area contributed by atoms with Crippen LogP contribution in [0.2, 0.25) is 0 Å². The summed E-state index contributed by atoms with van der Waals surface area (Å²) < 4.78 is 5.75. The number of aromatic amines is 1. The van der Waals surface area contributed by atoms with E-state index in [1.807, 2.05) is 10.3 Å². The molecular formula is C16H22N4O2S. The first-order valence-electron chi connectivity index (χ1n) is 8.08. The van der Waals surface area contributed by atoms with Crippen molar-refractivity contribution in [2.45, 2.75) is 38.7 Å². The standard InChI is InChI=1S/C16H22N4O2S/c1-2-3-14-17-16(19-18-14)13-10-20(7-8-22-13)15(21)5-4-12-6-9-23-11-12/h6,9,11,13H,2-5,7-8,10H2,1H3,(H,17,18,19). The molecule has 1 fully saturated rings. The molecule has 1 saturated heterocycles. The van der Waals surface area contributed by atoms with Crippen LogP contribution in [0.1, 0.15) is 43.1 Å². The lowest BCUT2D eigenvalue weighted by molar-refractivity contribution is -0.139. The molecule has 1 amide bonds. The number of nitrogens with one attached hydrogen (secondary N) is 1. The van der Waals surface area contributed by atoms with Gasteiger partial charge < -0.3 is 9.64 Å². The molecule has 7 heteroatoms. The molecule has 2 aromatic rings. The molecule has 3 rings (SSSR count). The van der Waals surface area contributed by atoms with Crippen molar-refractivity contribution in [1.29, 1.82) is 0 Å². The Bertz CT molecular complexity index is 626. The molecular weight excluding hydrogens is 312 g/mol. The van der Waals surface area contributed by atoms with Gasteiger partial charge in [-0.15, -0.1) is 0 Å². The van der Waals surface area contributed by atoms with E-state index in [4.69, 9.17) is 4.74 Å².